The Morgan fingerprint density at radius 1 is 1.00 bits per heavy atom. The van der Waals surface area contributed by atoms with Crippen LogP contribution in [-0.2, 0) is 14.8 Å². The number of nitrogens with zero attached hydrogens (tertiary/aromatic N) is 3. The van der Waals surface area contributed by atoms with Crippen LogP contribution in [0.25, 0.3) is 10.8 Å². The predicted molar refractivity (Wildman–Crippen MR) is 128 cm³/mol. The molecule has 2 aromatic carbocycles. The van der Waals surface area contributed by atoms with Gasteiger partial charge < -0.3 is 9.80 Å². The van der Waals surface area contributed by atoms with Crippen molar-refractivity contribution >= 4 is 38.3 Å². The molecule has 1 atom stereocenters. The summed E-state index contributed by atoms with van der Waals surface area (Å²) in [7, 11) is -2.27. The molecule has 0 aromatic heterocycles. The maximum absolute atomic E-state index is 13.4. The van der Waals surface area contributed by atoms with Crippen molar-refractivity contribution in [3.8, 4) is 0 Å². The van der Waals surface area contributed by atoms with Crippen molar-refractivity contribution in [2.75, 3.05) is 26.7 Å². The first-order chi connectivity index (χ1) is 15.2. The SMILES string of the molecule is CC(C)N1CCC(N2CCC[C@H](N(C)S(=O)(=O)c3ccc4cc(Cl)ccc4c3)C2=O)CC1. The zero-order chi connectivity index (χ0) is 23.0. The minimum Gasteiger partial charge on any atom is -0.338 e. The van der Waals surface area contributed by atoms with E-state index in [0.717, 1.165) is 43.1 Å². The zero-order valence-corrected chi connectivity index (χ0v) is 20.6. The number of benzene rings is 2. The van der Waals surface area contributed by atoms with Gasteiger partial charge in [-0.3, -0.25) is 4.79 Å². The van der Waals surface area contributed by atoms with E-state index in [1.165, 1.54) is 11.4 Å². The number of carbonyl (C=O) groups is 1. The summed E-state index contributed by atoms with van der Waals surface area (Å²) in [5.41, 5.74) is 0. The number of halogens is 1. The van der Waals surface area contributed by atoms with E-state index < -0.39 is 16.1 Å². The number of sulfonamides is 1. The Kier molecular flexibility index (Phi) is 6.82. The van der Waals surface area contributed by atoms with Gasteiger partial charge in [0.2, 0.25) is 15.9 Å². The van der Waals surface area contributed by atoms with E-state index in [4.69, 9.17) is 11.6 Å². The van der Waals surface area contributed by atoms with Crippen LogP contribution in [0.3, 0.4) is 0 Å². The van der Waals surface area contributed by atoms with Gasteiger partial charge in [0.25, 0.3) is 0 Å². The molecule has 8 heteroatoms. The Labute approximate surface area is 196 Å². The monoisotopic (exact) mass is 477 g/mol. The van der Waals surface area contributed by atoms with Crippen molar-refractivity contribution in [3.63, 3.8) is 0 Å². The standard InChI is InChI=1S/C24H32ClN3O3S/c1-17(2)27-13-10-21(11-14-27)28-12-4-5-23(24(28)29)26(3)32(30,31)22-9-7-18-15-20(25)8-6-19(18)16-22/h6-9,15-17,21,23H,4-5,10-14H2,1-3H3/t23-/m0/s1. The van der Waals surface area contributed by atoms with Gasteiger partial charge in [-0.25, -0.2) is 8.42 Å². The quantitative estimate of drug-likeness (QED) is 0.653. The molecule has 2 aliphatic rings. The van der Waals surface area contributed by atoms with Gasteiger partial charge in [-0.2, -0.15) is 4.31 Å². The second kappa shape index (κ2) is 9.29. The molecule has 6 nitrogen and oxygen atoms in total. The number of amides is 1. The van der Waals surface area contributed by atoms with E-state index in [1.807, 2.05) is 17.0 Å². The lowest BCUT2D eigenvalue weighted by atomic mass is 9.97. The topological polar surface area (TPSA) is 60.9 Å². The molecule has 0 saturated carbocycles. The Balaban J connectivity index is 1.52. The summed E-state index contributed by atoms with van der Waals surface area (Å²) in [4.78, 5) is 18.0. The lowest BCUT2D eigenvalue weighted by molar-refractivity contribution is -0.141. The molecule has 1 amide bonds. The average molecular weight is 478 g/mol. The summed E-state index contributed by atoms with van der Waals surface area (Å²) in [5.74, 6) is -0.0575. The van der Waals surface area contributed by atoms with E-state index in [-0.39, 0.29) is 16.8 Å². The van der Waals surface area contributed by atoms with E-state index in [9.17, 15) is 13.2 Å². The van der Waals surface area contributed by atoms with Crippen molar-refractivity contribution in [1.82, 2.24) is 14.1 Å². The fourth-order valence-electron chi connectivity index (χ4n) is 4.98. The van der Waals surface area contributed by atoms with E-state index in [0.29, 0.717) is 24.0 Å². The van der Waals surface area contributed by atoms with Crippen molar-refractivity contribution in [2.45, 2.75) is 62.6 Å². The highest BCUT2D eigenvalue weighted by molar-refractivity contribution is 7.89. The summed E-state index contributed by atoms with van der Waals surface area (Å²) in [6.07, 6.45) is 3.26. The average Bonchev–Trinajstić information content (AvgIpc) is 2.78. The van der Waals surface area contributed by atoms with Crippen LogP contribution < -0.4 is 0 Å². The van der Waals surface area contributed by atoms with Gasteiger partial charge in [-0.15, -0.1) is 0 Å². The molecular formula is C24H32ClN3O3S. The van der Waals surface area contributed by atoms with Gasteiger partial charge in [-0.05, 0) is 74.6 Å². The van der Waals surface area contributed by atoms with Crippen molar-refractivity contribution in [1.29, 1.82) is 0 Å². The molecule has 0 bridgehead atoms. The summed E-state index contributed by atoms with van der Waals surface area (Å²) in [6, 6.07) is 10.4. The number of likely N-dealkylation sites (N-methyl/N-ethyl adjacent to an activating group) is 1. The van der Waals surface area contributed by atoms with Crippen LogP contribution in [0.1, 0.15) is 39.5 Å². The lowest BCUT2D eigenvalue weighted by Crippen LogP contribution is -2.57. The second-order valence-corrected chi connectivity index (χ2v) is 11.7. The van der Waals surface area contributed by atoms with Crippen LogP contribution in [0.2, 0.25) is 5.02 Å². The number of rotatable bonds is 5. The molecule has 2 aliphatic heterocycles. The Morgan fingerprint density at radius 2 is 1.66 bits per heavy atom. The number of hydrogen-bond donors (Lipinski definition) is 0. The van der Waals surface area contributed by atoms with Gasteiger partial charge in [0.05, 0.1) is 4.90 Å². The number of likely N-dealkylation sites (tertiary alicyclic amines) is 2. The smallest absolute Gasteiger partial charge is 0.243 e. The highest BCUT2D eigenvalue weighted by atomic mass is 35.5. The van der Waals surface area contributed by atoms with Gasteiger partial charge in [0.15, 0.2) is 0 Å². The maximum atomic E-state index is 13.4. The minimum atomic E-state index is -3.80. The van der Waals surface area contributed by atoms with Gasteiger partial charge in [0, 0.05) is 43.8 Å². The molecule has 0 unspecified atom stereocenters. The van der Waals surface area contributed by atoms with E-state index in [2.05, 4.69) is 18.7 Å². The number of piperidine rings is 2. The van der Waals surface area contributed by atoms with Crippen LogP contribution >= 0.6 is 11.6 Å². The van der Waals surface area contributed by atoms with Crippen molar-refractivity contribution < 1.29 is 13.2 Å². The molecule has 0 aliphatic carbocycles. The van der Waals surface area contributed by atoms with Crippen LogP contribution in [0.15, 0.2) is 41.3 Å². The molecular weight excluding hydrogens is 446 g/mol. The first-order valence-corrected chi connectivity index (χ1v) is 13.2. The molecule has 0 spiro atoms. The third kappa shape index (κ3) is 4.53. The molecule has 0 radical (unpaired) electrons. The Hall–Kier alpha value is -1.67. The first kappa shape index (κ1) is 23.5. The summed E-state index contributed by atoms with van der Waals surface area (Å²) in [5, 5.41) is 2.29. The van der Waals surface area contributed by atoms with Crippen LogP contribution in [-0.4, -0.2) is 73.2 Å². The van der Waals surface area contributed by atoms with Crippen LogP contribution in [0.5, 0.6) is 0 Å². The summed E-state index contributed by atoms with van der Waals surface area (Å²) in [6.45, 7) is 7.07. The summed E-state index contributed by atoms with van der Waals surface area (Å²) < 4.78 is 28.1. The molecule has 174 valence electrons. The molecule has 2 saturated heterocycles. The molecule has 2 heterocycles. The highest BCUT2D eigenvalue weighted by Crippen LogP contribution is 2.29. The first-order valence-electron chi connectivity index (χ1n) is 11.4. The molecule has 32 heavy (non-hydrogen) atoms. The normalized spacial score (nSPS) is 21.8. The van der Waals surface area contributed by atoms with Gasteiger partial charge in [-0.1, -0.05) is 23.7 Å². The number of hydrogen-bond acceptors (Lipinski definition) is 4. The van der Waals surface area contributed by atoms with Gasteiger partial charge >= 0.3 is 0 Å². The second-order valence-electron chi connectivity index (χ2n) is 9.23. The lowest BCUT2D eigenvalue weighted by Gasteiger charge is -2.44. The van der Waals surface area contributed by atoms with Crippen LogP contribution in [0, 0.1) is 0 Å². The third-order valence-electron chi connectivity index (χ3n) is 7.00. The summed E-state index contributed by atoms with van der Waals surface area (Å²) >= 11 is 6.05. The van der Waals surface area contributed by atoms with E-state index in [1.54, 1.807) is 24.3 Å². The van der Waals surface area contributed by atoms with Crippen LogP contribution in [0.4, 0.5) is 0 Å². The number of carbonyl (C=O) groups excluding carboxylic acids is 1. The van der Waals surface area contributed by atoms with Gasteiger partial charge in [0.1, 0.15) is 6.04 Å². The Morgan fingerprint density at radius 3 is 2.34 bits per heavy atom. The van der Waals surface area contributed by atoms with E-state index >= 15 is 0 Å². The Bertz CT molecular complexity index is 1100. The molecule has 4 rings (SSSR count). The van der Waals surface area contributed by atoms with Crippen molar-refractivity contribution in [3.05, 3.63) is 41.4 Å². The molecule has 2 fully saturated rings. The highest BCUT2D eigenvalue weighted by Gasteiger charge is 2.40. The van der Waals surface area contributed by atoms with Crippen molar-refractivity contribution in [2.24, 2.45) is 0 Å². The minimum absolute atomic E-state index is 0.0575. The predicted octanol–water partition coefficient (Wildman–Crippen LogP) is 3.98. The zero-order valence-electron chi connectivity index (χ0n) is 19.0. The maximum Gasteiger partial charge on any atom is 0.243 e. The number of fused-ring (bicyclic) bond motifs is 1. The third-order valence-corrected chi connectivity index (χ3v) is 9.10. The molecule has 0 N–H and O–H groups in total. The fourth-order valence-corrected chi connectivity index (χ4v) is 6.54. The molecule has 2 aromatic rings. The fraction of sp³-hybridized carbons (Fsp3) is 0.542. The largest absolute Gasteiger partial charge is 0.338 e.